The second-order valence-electron chi connectivity index (χ2n) is 15.3. The lowest BCUT2D eigenvalue weighted by molar-refractivity contribution is 0.660. The normalized spacial score (nSPS) is 13.1. The van der Waals surface area contributed by atoms with Crippen LogP contribution in [0.5, 0.6) is 0 Å². The Balaban J connectivity index is 1.04. The van der Waals surface area contributed by atoms with Crippen molar-refractivity contribution in [3.05, 3.63) is 199 Å². The molecule has 1 heterocycles. The molecule has 0 radical (unpaired) electrons. The van der Waals surface area contributed by atoms with Crippen molar-refractivity contribution in [1.82, 2.24) is 0 Å². The number of nitrogens with zero attached hydrogens (tertiary/aromatic N) is 1. The zero-order chi connectivity index (χ0) is 36.7. The summed E-state index contributed by atoms with van der Waals surface area (Å²) in [6.07, 6.45) is 0. The highest BCUT2D eigenvalue weighted by molar-refractivity contribution is 7.26. The van der Waals surface area contributed by atoms with Crippen LogP contribution in [0.2, 0.25) is 0 Å². The van der Waals surface area contributed by atoms with Gasteiger partial charge in [0, 0.05) is 42.5 Å². The molecule has 0 unspecified atom stereocenters. The number of hydrogen-bond acceptors (Lipinski definition) is 2. The molecule has 0 amide bonds. The standard InChI is InChI=1S/C53H37NS/c1-53(2)47-18-8-7-16-46(47)51-48(53)19-10-20-49(51)54(40-29-23-37(24-30-40)42-17-9-13-35-11-3-5-14-41(35)42)39-27-21-34(22-28-39)38-26-31-44-45-32-25-36-12-4-6-15-43(36)52(45)55-50(44)33-38/h3-33H,1-2H3. The molecule has 1 nitrogen and oxygen atoms in total. The second kappa shape index (κ2) is 12.3. The van der Waals surface area contributed by atoms with Gasteiger partial charge in [0.15, 0.2) is 0 Å². The van der Waals surface area contributed by atoms with E-state index < -0.39 is 0 Å². The topological polar surface area (TPSA) is 3.24 Å². The fraction of sp³-hybridized carbons (Fsp3) is 0.0566. The third-order valence-corrected chi connectivity index (χ3v) is 13.1. The van der Waals surface area contributed by atoms with Crippen molar-refractivity contribution in [3.8, 4) is 33.4 Å². The van der Waals surface area contributed by atoms with Gasteiger partial charge in [0.05, 0.1) is 5.69 Å². The van der Waals surface area contributed by atoms with Crippen molar-refractivity contribution in [2.24, 2.45) is 0 Å². The lowest BCUT2D eigenvalue weighted by Gasteiger charge is -2.29. The number of hydrogen-bond donors (Lipinski definition) is 0. The zero-order valence-corrected chi connectivity index (χ0v) is 31.6. The summed E-state index contributed by atoms with van der Waals surface area (Å²) < 4.78 is 2.69. The molecule has 0 atom stereocenters. The molecule has 0 fully saturated rings. The van der Waals surface area contributed by atoms with Crippen LogP contribution in [0.25, 0.3) is 75.1 Å². The van der Waals surface area contributed by atoms with Gasteiger partial charge in [-0.3, -0.25) is 0 Å². The molecule has 9 aromatic carbocycles. The molecular weight excluding hydrogens is 683 g/mol. The number of anilines is 3. The highest BCUT2D eigenvalue weighted by atomic mass is 32.1. The van der Waals surface area contributed by atoms with Crippen LogP contribution in [0.4, 0.5) is 17.1 Å². The SMILES string of the molecule is CC1(C)c2ccccc2-c2c(N(c3ccc(-c4ccc5c(c4)sc4c6ccccc6ccc54)cc3)c3ccc(-c4cccc5ccccc45)cc3)cccc21. The Morgan fingerprint density at radius 2 is 1.00 bits per heavy atom. The third kappa shape index (κ3) is 4.99. The number of fused-ring (bicyclic) bond motifs is 9. The molecule has 10 aromatic rings. The van der Waals surface area contributed by atoms with E-state index in [0.29, 0.717) is 0 Å². The number of thiophene rings is 1. The van der Waals surface area contributed by atoms with Crippen molar-refractivity contribution >= 4 is 70.1 Å². The predicted octanol–water partition coefficient (Wildman–Crippen LogP) is 15.5. The molecule has 1 aliphatic carbocycles. The van der Waals surface area contributed by atoms with Gasteiger partial charge in [0.2, 0.25) is 0 Å². The van der Waals surface area contributed by atoms with Gasteiger partial charge >= 0.3 is 0 Å². The Labute approximate surface area is 325 Å². The molecule has 0 saturated carbocycles. The van der Waals surface area contributed by atoms with E-state index >= 15 is 0 Å². The average molecular weight is 720 g/mol. The molecule has 0 N–H and O–H groups in total. The fourth-order valence-corrected chi connectivity index (χ4v) is 10.4. The highest BCUT2D eigenvalue weighted by Gasteiger charge is 2.37. The van der Waals surface area contributed by atoms with E-state index in [4.69, 9.17) is 0 Å². The minimum atomic E-state index is -0.0901. The van der Waals surface area contributed by atoms with E-state index in [1.165, 1.54) is 91.9 Å². The molecule has 1 aromatic heterocycles. The Kier molecular flexibility index (Phi) is 7.14. The predicted molar refractivity (Wildman–Crippen MR) is 237 cm³/mol. The molecule has 260 valence electrons. The van der Waals surface area contributed by atoms with Crippen LogP contribution < -0.4 is 4.90 Å². The first-order valence-electron chi connectivity index (χ1n) is 19.1. The average Bonchev–Trinajstić information content (AvgIpc) is 3.73. The Morgan fingerprint density at radius 1 is 0.418 bits per heavy atom. The van der Waals surface area contributed by atoms with Gasteiger partial charge in [0.1, 0.15) is 0 Å². The van der Waals surface area contributed by atoms with Crippen molar-refractivity contribution in [2.45, 2.75) is 19.3 Å². The van der Waals surface area contributed by atoms with Crippen LogP contribution in [-0.2, 0) is 5.41 Å². The number of benzene rings is 9. The first-order chi connectivity index (χ1) is 27.0. The smallest absolute Gasteiger partial charge is 0.0543 e. The first-order valence-corrected chi connectivity index (χ1v) is 19.9. The van der Waals surface area contributed by atoms with Crippen LogP contribution >= 0.6 is 11.3 Å². The molecule has 11 rings (SSSR count). The van der Waals surface area contributed by atoms with Crippen LogP contribution in [0, 0.1) is 0 Å². The summed E-state index contributed by atoms with van der Waals surface area (Å²) in [7, 11) is 0. The molecule has 0 saturated heterocycles. The quantitative estimate of drug-likeness (QED) is 0.171. The van der Waals surface area contributed by atoms with Crippen molar-refractivity contribution in [3.63, 3.8) is 0 Å². The van der Waals surface area contributed by atoms with E-state index in [0.717, 1.165) is 11.4 Å². The minimum Gasteiger partial charge on any atom is -0.310 e. The second-order valence-corrected chi connectivity index (χ2v) is 16.4. The largest absolute Gasteiger partial charge is 0.310 e. The maximum absolute atomic E-state index is 2.45. The summed E-state index contributed by atoms with van der Waals surface area (Å²) in [6, 6.07) is 69.5. The van der Waals surface area contributed by atoms with Gasteiger partial charge in [0.25, 0.3) is 0 Å². The van der Waals surface area contributed by atoms with E-state index in [1.807, 2.05) is 11.3 Å². The van der Waals surface area contributed by atoms with Crippen LogP contribution in [0.1, 0.15) is 25.0 Å². The summed E-state index contributed by atoms with van der Waals surface area (Å²) in [5.41, 5.74) is 13.6. The summed E-state index contributed by atoms with van der Waals surface area (Å²) in [5, 5.41) is 7.81. The molecule has 2 heteroatoms. The lowest BCUT2D eigenvalue weighted by atomic mass is 9.82. The van der Waals surface area contributed by atoms with Crippen LogP contribution in [-0.4, -0.2) is 0 Å². The summed E-state index contributed by atoms with van der Waals surface area (Å²) in [5.74, 6) is 0. The monoisotopic (exact) mass is 719 g/mol. The molecule has 0 aliphatic heterocycles. The van der Waals surface area contributed by atoms with Gasteiger partial charge in [-0.25, -0.2) is 0 Å². The Bertz CT molecular complexity index is 3110. The first kappa shape index (κ1) is 32.0. The van der Waals surface area contributed by atoms with Gasteiger partial charge in [-0.2, -0.15) is 0 Å². The summed E-state index contributed by atoms with van der Waals surface area (Å²) in [4.78, 5) is 2.45. The van der Waals surface area contributed by atoms with Gasteiger partial charge in [-0.05, 0) is 96.9 Å². The van der Waals surface area contributed by atoms with Gasteiger partial charge in [-0.1, -0.05) is 166 Å². The summed E-state index contributed by atoms with van der Waals surface area (Å²) in [6.45, 7) is 4.71. The molecule has 55 heavy (non-hydrogen) atoms. The fourth-order valence-electron chi connectivity index (χ4n) is 9.10. The van der Waals surface area contributed by atoms with Crippen LogP contribution in [0.15, 0.2) is 188 Å². The van der Waals surface area contributed by atoms with E-state index in [9.17, 15) is 0 Å². The molecule has 0 spiro atoms. The van der Waals surface area contributed by atoms with Crippen molar-refractivity contribution < 1.29 is 0 Å². The maximum atomic E-state index is 2.45. The molecular formula is C53H37NS. The van der Waals surface area contributed by atoms with Crippen molar-refractivity contribution in [2.75, 3.05) is 4.90 Å². The number of rotatable bonds is 5. The van der Waals surface area contributed by atoms with Crippen LogP contribution in [0.3, 0.4) is 0 Å². The van der Waals surface area contributed by atoms with E-state index in [-0.39, 0.29) is 5.41 Å². The molecule has 1 aliphatic rings. The Hall–Kier alpha value is -6.48. The lowest BCUT2D eigenvalue weighted by Crippen LogP contribution is -2.16. The minimum absolute atomic E-state index is 0.0901. The maximum Gasteiger partial charge on any atom is 0.0543 e. The van der Waals surface area contributed by atoms with E-state index in [1.54, 1.807) is 0 Å². The third-order valence-electron chi connectivity index (χ3n) is 11.9. The molecule has 0 bridgehead atoms. The summed E-state index contributed by atoms with van der Waals surface area (Å²) >= 11 is 1.90. The zero-order valence-electron chi connectivity index (χ0n) is 30.8. The Morgan fingerprint density at radius 3 is 1.80 bits per heavy atom. The van der Waals surface area contributed by atoms with Gasteiger partial charge < -0.3 is 4.90 Å². The van der Waals surface area contributed by atoms with Crippen molar-refractivity contribution in [1.29, 1.82) is 0 Å². The highest BCUT2D eigenvalue weighted by Crippen LogP contribution is 2.54. The van der Waals surface area contributed by atoms with E-state index in [2.05, 4.69) is 207 Å². The van der Waals surface area contributed by atoms with Gasteiger partial charge in [-0.15, -0.1) is 11.3 Å².